The van der Waals surface area contributed by atoms with Crippen LogP contribution in [0.15, 0.2) is 18.3 Å². The second-order valence-corrected chi connectivity index (χ2v) is 7.66. The van der Waals surface area contributed by atoms with E-state index in [-0.39, 0.29) is 23.5 Å². The van der Waals surface area contributed by atoms with Crippen LogP contribution in [0, 0.1) is 5.92 Å². The number of hydrogen-bond donors (Lipinski definition) is 0. The fourth-order valence-corrected chi connectivity index (χ4v) is 2.96. The number of amides is 1. The molecule has 24 heavy (non-hydrogen) atoms. The van der Waals surface area contributed by atoms with Gasteiger partial charge in [-0.2, -0.15) is 0 Å². The zero-order valence-corrected chi connectivity index (χ0v) is 15.0. The lowest BCUT2D eigenvalue weighted by Gasteiger charge is -2.37. The number of alkyl halides is 2. The predicted molar refractivity (Wildman–Crippen MR) is 88.1 cm³/mol. The summed E-state index contributed by atoms with van der Waals surface area (Å²) in [6, 6.07) is 3.12. The summed E-state index contributed by atoms with van der Waals surface area (Å²) in [5, 5.41) is 0. The zero-order chi connectivity index (χ0) is 18.1. The van der Waals surface area contributed by atoms with Gasteiger partial charge in [-0.15, -0.1) is 0 Å². The molecule has 0 saturated carbocycles. The number of nitrogens with zero attached hydrogens (tertiary/aromatic N) is 2. The SMILES string of the molecule is CC1CN(C(=O)OC(C)(C)C)CCC1c1ccc(C(C)(F)F)cn1. The third-order valence-electron chi connectivity index (χ3n) is 4.23. The number of carbonyl (C=O) groups is 1. The number of rotatable bonds is 2. The number of piperidine rings is 1. The Morgan fingerprint density at radius 1 is 1.29 bits per heavy atom. The summed E-state index contributed by atoms with van der Waals surface area (Å²) in [5.41, 5.74) is 0.212. The fourth-order valence-electron chi connectivity index (χ4n) is 2.96. The summed E-state index contributed by atoms with van der Waals surface area (Å²) >= 11 is 0. The molecular weight excluding hydrogens is 314 g/mol. The largest absolute Gasteiger partial charge is 0.444 e. The number of carbonyl (C=O) groups excluding carboxylic acids is 1. The molecule has 1 fully saturated rings. The molecule has 2 atom stereocenters. The molecule has 0 bridgehead atoms. The molecule has 2 unspecified atom stereocenters. The van der Waals surface area contributed by atoms with Crippen molar-refractivity contribution in [2.24, 2.45) is 5.92 Å². The van der Waals surface area contributed by atoms with E-state index in [1.807, 2.05) is 27.7 Å². The maximum atomic E-state index is 13.3. The maximum absolute atomic E-state index is 13.3. The first-order chi connectivity index (χ1) is 11.0. The van der Waals surface area contributed by atoms with E-state index in [2.05, 4.69) is 4.98 Å². The Balaban J connectivity index is 2.02. The molecular formula is C18H26F2N2O2. The molecule has 1 aromatic heterocycles. The van der Waals surface area contributed by atoms with Crippen molar-refractivity contribution >= 4 is 6.09 Å². The molecule has 0 aliphatic carbocycles. The number of pyridine rings is 1. The summed E-state index contributed by atoms with van der Waals surface area (Å²) in [4.78, 5) is 18.1. The van der Waals surface area contributed by atoms with Crippen LogP contribution in [0.4, 0.5) is 13.6 Å². The molecule has 2 heterocycles. The first-order valence-corrected chi connectivity index (χ1v) is 8.29. The van der Waals surface area contributed by atoms with Crippen LogP contribution in [-0.2, 0) is 10.7 Å². The van der Waals surface area contributed by atoms with E-state index >= 15 is 0 Å². The Morgan fingerprint density at radius 3 is 2.42 bits per heavy atom. The predicted octanol–water partition coefficient (Wildman–Crippen LogP) is 4.55. The van der Waals surface area contributed by atoms with Crippen molar-refractivity contribution in [1.82, 2.24) is 9.88 Å². The summed E-state index contributed by atoms with van der Waals surface area (Å²) in [6.07, 6.45) is 1.69. The summed E-state index contributed by atoms with van der Waals surface area (Å²) < 4.78 is 32.0. The third-order valence-corrected chi connectivity index (χ3v) is 4.23. The topological polar surface area (TPSA) is 42.4 Å². The van der Waals surface area contributed by atoms with E-state index in [0.29, 0.717) is 13.1 Å². The highest BCUT2D eigenvalue weighted by Gasteiger charge is 2.33. The van der Waals surface area contributed by atoms with E-state index in [1.54, 1.807) is 11.0 Å². The number of halogens is 2. The zero-order valence-electron chi connectivity index (χ0n) is 15.0. The Bertz CT molecular complexity index is 576. The van der Waals surface area contributed by atoms with Gasteiger partial charge in [-0.05, 0) is 45.2 Å². The lowest BCUT2D eigenvalue weighted by molar-refractivity contribution is 0.0143. The van der Waals surface area contributed by atoms with Gasteiger partial charge in [-0.1, -0.05) is 6.92 Å². The van der Waals surface area contributed by atoms with Gasteiger partial charge in [0.1, 0.15) is 5.60 Å². The van der Waals surface area contributed by atoms with E-state index in [0.717, 1.165) is 19.0 Å². The molecule has 0 radical (unpaired) electrons. The lowest BCUT2D eigenvalue weighted by Crippen LogP contribution is -2.44. The molecule has 1 amide bonds. The van der Waals surface area contributed by atoms with Gasteiger partial charge in [0.25, 0.3) is 5.92 Å². The van der Waals surface area contributed by atoms with E-state index < -0.39 is 11.5 Å². The first kappa shape index (κ1) is 18.6. The van der Waals surface area contributed by atoms with Gasteiger partial charge < -0.3 is 9.64 Å². The van der Waals surface area contributed by atoms with Gasteiger partial charge in [0, 0.05) is 43.4 Å². The van der Waals surface area contributed by atoms with Gasteiger partial charge >= 0.3 is 6.09 Å². The van der Waals surface area contributed by atoms with Crippen LogP contribution in [0.25, 0.3) is 0 Å². The molecule has 1 saturated heterocycles. The van der Waals surface area contributed by atoms with Crippen molar-refractivity contribution < 1.29 is 18.3 Å². The van der Waals surface area contributed by atoms with Gasteiger partial charge in [0.05, 0.1) is 0 Å². The quantitative estimate of drug-likeness (QED) is 0.793. The minimum absolute atomic E-state index is 0.0786. The van der Waals surface area contributed by atoms with Gasteiger partial charge in [0.2, 0.25) is 0 Å². The summed E-state index contributed by atoms with van der Waals surface area (Å²) in [7, 11) is 0. The number of aromatic nitrogens is 1. The minimum Gasteiger partial charge on any atom is -0.444 e. The van der Waals surface area contributed by atoms with Crippen molar-refractivity contribution in [3.63, 3.8) is 0 Å². The van der Waals surface area contributed by atoms with Crippen LogP contribution in [0.5, 0.6) is 0 Å². The van der Waals surface area contributed by atoms with Crippen molar-refractivity contribution in [2.45, 2.75) is 58.5 Å². The van der Waals surface area contributed by atoms with Crippen molar-refractivity contribution in [3.8, 4) is 0 Å². The second-order valence-electron chi connectivity index (χ2n) is 7.66. The molecule has 0 aromatic carbocycles. The summed E-state index contributed by atoms with van der Waals surface area (Å²) in [6.45, 7) is 9.60. The molecule has 1 aromatic rings. The van der Waals surface area contributed by atoms with Gasteiger partial charge in [-0.25, -0.2) is 13.6 Å². The third kappa shape index (κ3) is 4.65. The number of ether oxygens (including phenoxy) is 1. The maximum Gasteiger partial charge on any atom is 0.410 e. The average Bonchev–Trinajstić information content (AvgIpc) is 2.44. The first-order valence-electron chi connectivity index (χ1n) is 8.29. The Kier molecular flexibility index (Phi) is 5.16. The molecule has 0 N–H and O–H groups in total. The lowest BCUT2D eigenvalue weighted by atomic mass is 9.84. The van der Waals surface area contributed by atoms with E-state index in [4.69, 9.17) is 4.74 Å². The monoisotopic (exact) mass is 340 g/mol. The highest BCUT2D eigenvalue weighted by molar-refractivity contribution is 5.68. The van der Waals surface area contributed by atoms with Crippen molar-refractivity contribution in [1.29, 1.82) is 0 Å². The standard InChI is InChI=1S/C18H26F2N2O2/c1-12-11-22(16(23)24-17(2,3)4)9-8-14(12)15-7-6-13(10-21-15)18(5,19)20/h6-7,10,12,14H,8-9,11H2,1-5H3. The van der Waals surface area contributed by atoms with Crippen LogP contribution in [0.2, 0.25) is 0 Å². The van der Waals surface area contributed by atoms with Crippen LogP contribution in [-0.4, -0.2) is 34.7 Å². The molecule has 4 nitrogen and oxygen atoms in total. The molecule has 6 heteroatoms. The normalized spacial score (nSPS) is 22.4. The minimum atomic E-state index is -2.88. The Hall–Kier alpha value is -1.72. The summed E-state index contributed by atoms with van der Waals surface area (Å²) in [5.74, 6) is -2.54. The van der Waals surface area contributed by atoms with Gasteiger partial charge in [0.15, 0.2) is 0 Å². The van der Waals surface area contributed by atoms with Crippen molar-refractivity contribution in [3.05, 3.63) is 29.6 Å². The van der Waals surface area contributed by atoms with Crippen LogP contribution in [0.1, 0.15) is 58.2 Å². The Labute approximate surface area is 142 Å². The second kappa shape index (κ2) is 6.65. The highest BCUT2D eigenvalue weighted by atomic mass is 19.3. The molecule has 1 aliphatic heterocycles. The smallest absolute Gasteiger partial charge is 0.410 e. The van der Waals surface area contributed by atoms with E-state index in [1.165, 1.54) is 12.3 Å². The van der Waals surface area contributed by atoms with Crippen LogP contribution in [0.3, 0.4) is 0 Å². The molecule has 0 spiro atoms. The average molecular weight is 340 g/mol. The molecule has 134 valence electrons. The van der Waals surface area contributed by atoms with Crippen LogP contribution < -0.4 is 0 Å². The number of hydrogen-bond acceptors (Lipinski definition) is 3. The molecule has 2 rings (SSSR count). The van der Waals surface area contributed by atoms with E-state index in [9.17, 15) is 13.6 Å². The van der Waals surface area contributed by atoms with Crippen LogP contribution >= 0.6 is 0 Å². The van der Waals surface area contributed by atoms with Gasteiger partial charge in [-0.3, -0.25) is 4.98 Å². The fraction of sp³-hybridized carbons (Fsp3) is 0.667. The molecule has 1 aliphatic rings. The van der Waals surface area contributed by atoms with Crippen molar-refractivity contribution in [2.75, 3.05) is 13.1 Å². The highest BCUT2D eigenvalue weighted by Crippen LogP contribution is 2.33. The Morgan fingerprint density at radius 2 is 1.96 bits per heavy atom. The number of likely N-dealkylation sites (tertiary alicyclic amines) is 1.